The van der Waals surface area contributed by atoms with E-state index in [1.54, 1.807) is 38.6 Å². The maximum atomic E-state index is 12.0. The molecule has 0 saturated heterocycles. The van der Waals surface area contributed by atoms with E-state index in [2.05, 4.69) is 17.6 Å². The van der Waals surface area contributed by atoms with Gasteiger partial charge < -0.3 is 20.1 Å². The normalized spacial score (nSPS) is 15.5. The van der Waals surface area contributed by atoms with Crippen LogP contribution in [0.15, 0.2) is 30.0 Å². The Bertz CT molecular complexity index is 549. The summed E-state index contributed by atoms with van der Waals surface area (Å²) in [5, 5.41) is 5.57. The lowest BCUT2D eigenvalue weighted by Crippen LogP contribution is -2.25. The van der Waals surface area contributed by atoms with Crippen molar-refractivity contribution in [2.24, 2.45) is 5.92 Å². The Hall–Kier alpha value is -2.17. The van der Waals surface area contributed by atoms with E-state index >= 15 is 0 Å². The molecule has 2 N–H and O–H groups in total. The van der Waals surface area contributed by atoms with E-state index in [0.717, 1.165) is 0 Å². The number of benzene rings is 1. The molecule has 0 spiro atoms. The van der Waals surface area contributed by atoms with Crippen molar-refractivity contribution in [3.8, 4) is 11.5 Å². The lowest BCUT2D eigenvalue weighted by atomic mass is 10.0. The maximum Gasteiger partial charge on any atom is 0.323 e. The minimum atomic E-state index is -0.288. The Morgan fingerprint density at radius 3 is 2.59 bits per heavy atom. The van der Waals surface area contributed by atoms with Crippen molar-refractivity contribution in [3.05, 3.63) is 30.0 Å². The molecule has 1 aliphatic carbocycles. The summed E-state index contributed by atoms with van der Waals surface area (Å²) in [7, 11) is 3.15. The fourth-order valence-corrected chi connectivity index (χ4v) is 2.75. The van der Waals surface area contributed by atoms with Crippen LogP contribution in [0.5, 0.6) is 11.5 Å². The molecule has 120 valence electrons. The van der Waals surface area contributed by atoms with E-state index < -0.39 is 0 Å². The van der Waals surface area contributed by atoms with Gasteiger partial charge in [0.1, 0.15) is 11.5 Å². The van der Waals surface area contributed by atoms with Crippen molar-refractivity contribution >= 4 is 11.7 Å². The van der Waals surface area contributed by atoms with Crippen molar-refractivity contribution < 1.29 is 14.3 Å². The van der Waals surface area contributed by atoms with E-state index in [4.69, 9.17) is 9.47 Å². The minimum absolute atomic E-state index is 0.288. The van der Waals surface area contributed by atoms with Crippen LogP contribution < -0.4 is 20.1 Å². The number of rotatable bonds is 5. The fraction of sp³-hybridized carbons (Fsp3) is 0.471. The topological polar surface area (TPSA) is 59.6 Å². The number of methoxy groups -OCH3 is 2. The molecule has 0 bridgehead atoms. The summed E-state index contributed by atoms with van der Waals surface area (Å²) in [6.45, 7) is 2.07. The van der Waals surface area contributed by atoms with Gasteiger partial charge in [0.25, 0.3) is 0 Å². The Balaban J connectivity index is 1.97. The van der Waals surface area contributed by atoms with Crippen LogP contribution in [-0.2, 0) is 0 Å². The number of carbonyl (C=O) groups excluding carboxylic acids is 1. The summed E-state index contributed by atoms with van der Waals surface area (Å²) in [4.78, 5) is 12.0. The molecule has 0 heterocycles. The van der Waals surface area contributed by atoms with E-state index in [1.165, 1.54) is 31.3 Å². The van der Waals surface area contributed by atoms with Crippen LogP contribution in [0.4, 0.5) is 10.5 Å². The second kappa shape index (κ2) is 7.73. The molecule has 1 aromatic carbocycles. The highest BCUT2D eigenvalue weighted by Gasteiger charge is 2.16. The van der Waals surface area contributed by atoms with Gasteiger partial charge in [0.2, 0.25) is 0 Å². The quantitative estimate of drug-likeness (QED) is 0.866. The average Bonchev–Trinajstić information content (AvgIpc) is 3.07. The van der Waals surface area contributed by atoms with Crippen molar-refractivity contribution in [2.45, 2.75) is 32.6 Å². The van der Waals surface area contributed by atoms with E-state index in [-0.39, 0.29) is 6.03 Å². The van der Waals surface area contributed by atoms with Crippen LogP contribution >= 0.6 is 0 Å². The molecule has 0 aliphatic heterocycles. The SMILES string of the molecule is COc1ccc(OC)c(NC(=O)N/C=C(\C)C2CCCC2)c1. The highest BCUT2D eigenvalue weighted by molar-refractivity contribution is 5.91. The summed E-state index contributed by atoms with van der Waals surface area (Å²) >= 11 is 0. The molecule has 1 aliphatic rings. The summed E-state index contributed by atoms with van der Waals surface area (Å²) in [5.74, 6) is 1.85. The number of hydrogen-bond acceptors (Lipinski definition) is 3. The molecule has 1 fully saturated rings. The molecule has 0 unspecified atom stereocenters. The molecular formula is C17H24N2O3. The monoisotopic (exact) mass is 304 g/mol. The van der Waals surface area contributed by atoms with E-state index in [1.807, 2.05) is 0 Å². The fourth-order valence-electron chi connectivity index (χ4n) is 2.75. The summed E-state index contributed by atoms with van der Waals surface area (Å²) in [5.41, 5.74) is 1.80. The van der Waals surface area contributed by atoms with Crippen molar-refractivity contribution in [2.75, 3.05) is 19.5 Å². The number of ether oxygens (including phenoxy) is 2. The molecule has 1 aromatic rings. The van der Waals surface area contributed by atoms with Crippen LogP contribution in [0.3, 0.4) is 0 Å². The molecule has 5 heteroatoms. The zero-order valence-corrected chi connectivity index (χ0v) is 13.4. The Morgan fingerprint density at radius 1 is 1.23 bits per heavy atom. The first-order valence-electron chi connectivity index (χ1n) is 7.60. The largest absolute Gasteiger partial charge is 0.497 e. The molecule has 0 radical (unpaired) electrons. The smallest absolute Gasteiger partial charge is 0.323 e. The summed E-state index contributed by atoms with van der Waals surface area (Å²) in [6, 6.07) is 4.98. The van der Waals surface area contributed by atoms with Gasteiger partial charge in [-0.15, -0.1) is 0 Å². The van der Waals surface area contributed by atoms with Gasteiger partial charge in [0.05, 0.1) is 19.9 Å². The van der Waals surface area contributed by atoms with Crippen LogP contribution in [-0.4, -0.2) is 20.3 Å². The van der Waals surface area contributed by atoms with Gasteiger partial charge in [-0.2, -0.15) is 0 Å². The number of hydrogen-bond donors (Lipinski definition) is 2. The third-order valence-electron chi connectivity index (χ3n) is 4.08. The van der Waals surface area contributed by atoms with Gasteiger partial charge in [-0.3, -0.25) is 0 Å². The first-order chi connectivity index (χ1) is 10.6. The van der Waals surface area contributed by atoms with Gasteiger partial charge in [0.15, 0.2) is 0 Å². The minimum Gasteiger partial charge on any atom is -0.497 e. The lowest BCUT2D eigenvalue weighted by Gasteiger charge is -2.13. The third-order valence-corrected chi connectivity index (χ3v) is 4.08. The molecule has 2 rings (SSSR count). The number of carbonyl (C=O) groups is 1. The number of allylic oxidation sites excluding steroid dienone is 1. The molecule has 5 nitrogen and oxygen atoms in total. The van der Waals surface area contributed by atoms with Crippen LogP contribution in [0.2, 0.25) is 0 Å². The van der Waals surface area contributed by atoms with Gasteiger partial charge in [-0.1, -0.05) is 18.4 Å². The lowest BCUT2D eigenvalue weighted by molar-refractivity contribution is 0.255. The molecule has 22 heavy (non-hydrogen) atoms. The average molecular weight is 304 g/mol. The van der Waals surface area contributed by atoms with Crippen LogP contribution in [0, 0.1) is 5.92 Å². The number of anilines is 1. The van der Waals surface area contributed by atoms with Gasteiger partial charge in [-0.05, 0) is 37.8 Å². The molecule has 2 amide bonds. The highest BCUT2D eigenvalue weighted by Crippen LogP contribution is 2.30. The first-order valence-corrected chi connectivity index (χ1v) is 7.60. The zero-order valence-electron chi connectivity index (χ0n) is 13.4. The Labute approximate surface area is 131 Å². The zero-order chi connectivity index (χ0) is 15.9. The second-order valence-corrected chi connectivity index (χ2v) is 5.53. The van der Waals surface area contributed by atoms with Gasteiger partial charge >= 0.3 is 6.03 Å². The third kappa shape index (κ3) is 4.16. The molecule has 1 saturated carbocycles. The van der Waals surface area contributed by atoms with Gasteiger partial charge in [-0.25, -0.2) is 4.79 Å². The molecular weight excluding hydrogens is 280 g/mol. The Morgan fingerprint density at radius 2 is 1.95 bits per heavy atom. The van der Waals surface area contributed by atoms with E-state index in [9.17, 15) is 4.79 Å². The van der Waals surface area contributed by atoms with Crippen LogP contribution in [0.1, 0.15) is 32.6 Å². The second-order valence-electron chi connectivity index (χ2n) is 5.53. The first kappa shape index (κ1) is 16.2. The molecule has 0 aromatic heterocycles. The standard InChI is InChI=1S/C17H24N2O3/c1-12(13-6-4-5-7-13)11-18-17(20)19-15-10-14(21-2)8-9-16(15)22-3/h8-11,13H,4-7H2,1-3H3,(H2,18,19,20)/b12-11+. The van der Waals surface area contributed by atoms with E-state index in [0.29, 0.717) is 23.1 Å². The summed E-state index contributed by atoms with van der Waals surface area (Å²) in [6.07, 6.45) is 6.80. The maximum absolute atomic E-state index is 12.0. The van der Waals surface area contributed by atoms with Gasteiger partial charge in [0, 0.05) is 12.3 Å². The van der Waals surface area contributed by atoms with Crippen molar-refractivity contribution in [3.63, 3.8) is 0 Å². The number of nitrogens with one attached hydrogen (secondary N) is 2. The van der Waals surface area contributed by atoms with Crippen molar-refractivity contribution in [1.29, 1.82) is 0 Å². The predicted molar refractivity (Wildman–Crippen MR) is 87.4 cm³/mol. The summed E-state index contributed by atoms with van der Waals surface area (Å²) < 4.78 is 10.4. The number of amides is 2. The van der Waals surface area contributed by atoms with Crippen molar-refractivity contribution in [1.82, 2.24) is 5.32 Å². The Kier molecular flexibility index (Phi) is 5.69. The van der Waals surface area contributed by atoms with Crippen LogP contribution in [0.25, 0.3) is 0 Å². The predicted octanol–water partition coefficient (Wildman–Crippen LogP) is 3.92. The highest BCUT2D eigenvalue weighted by atomic mass is 16.5. The molecule has 0 atom stereocenters. The number of urea groups is 1.